The summed E-state index contributed by atoms with van der Waals surface area (Å²) in [5.41, 5.74) is 2.23. The Labute approximate surface area is 144 Å². The van der Waals surface area contributed by atoms with E-state index in [9.17, 15) is 4.79 Å². The van der Waals surface area contributed by atoms with Gasteiger partial charge >= 0.3 is 0 Å². The van der Waals surface area contributed by atoms with E-state index in [1.165, 1.54) is 11.3 Å². The average Bonchev–Trinajstić information content (AvgIpc) is 3.20. The molecule has 0 saturated carbocycles. The number of aromatic nitrogens is 4. The van der Waals surface area contributed by atoms with E-state index < -0.39 is 0 Å². The molecule has 0 atom stereocenters. The molecule has 0 saturated heterocycles. The van der Waals surface area contributed by atoms with E-state index >= 15 is 0 Å². The number of carbonyl (C=O) groups is 1. The highest BCUT2D eigenvalue weighted by Crippen LogP contribution is 2.21. The molecule has 0 unspecified atom stereocenters. The van der Waals surface area contributed by atoms with Crippen molar-refractivity contribution in [2.24, 2.45) is 7.05 Å². The molecule has 0 aliphatic rings. The largest absolute Gasteiger partial charge is 0.295 e. The first-order valence-electron chi connectivity index (χ1n) is 7.90. The minimum atomic E-state index is -0.231. The quantitative estimate of drug-likeness (QED) is 0.744. The number of rotatable bonds is 6. The van der Waals surface area contributed by atoms with Crippen LogP contribution >= 0.6 is 11.3 Å². The highest BCUT2D eigenvalue weighted by atomic mass is 32.1. The molecular weight excluding hydrogens is 322 g/mol. The second-order valence-electron chi connectivity index (χ2n) is 5.46. The number of benzene rings is 1. The number of carbonyl (C=O) groups excluding carboxylic acids is 1. The molecule has 0 radical (unpaired) electrons. The predicted molar refractivity (Wildman–Crippen MR) is 95.1 cm³/mol. The summed E-state index contributed by atoms with van der Waals surface area (Å²) in [6.45, 7) is 2.14. The molecule has 0 spiro atoms. The maximum Gasteiger partial charge on any atom is 0.275 e. The van der Waals surface area contributed by atoms with Gasteiger partial charge in [-0.05, 0) is 12.5 Å². The molecule has 3 rings (SSSR count). The molecule has 0 aliphatic carbocycles. The Balaban J connectivity index is 1.73. The van der Waals surface area contributed by atoms with Crippen molar-refractivity contribution in [2.45, 2.75) is 26.2 Å². The Morgan fingerprint density at radius 3 is 2.79 bits per heavy atom. The Hall–Kier alpha value is -2.54. The van der Waals surface area contributed by atoms with Crippen LogP contribution in [0.5, 0.6) is 0 Å². The smallest absolute Gasteiger partial charge is 0.275 e. The highest BCUT2D eigenvalue weighted by Gasteiger charge is 2.16. The minimum absolute atomic E-state index is 0.231. The highest BCUT2D eigenvalue weighted by molar-refractivity contribution is 7.15. The molecule has 1 N–H and O–H groups in total. The van der Waals surface area contributed by atoms with Gasteiger partial charge in [0.25, 0.3) is 5.91 Å². The first-order chi connectivity index (χ1) is 11.7. The summed E-state index contributed by atoms with van der Waals surface area (Å²) in [5.74, 6) is -0.231. The van der Waals surface area contributed by atoms with Crippen molar-refractivity contribution in [1.82, 2.24) is 20.0 Å². The molecule has 0 bridgehead atoms. The molecule has 3 aromatic rings. The number of unbranched alkanes of at least 4 members (excludes halogenated alkanes) is 1. The Morgan fingerprint density at radius 1 is 1.25 bits per heavy atom. The topological polar surface area (TPSA) is 72.7 Å². The minimum Gasteiger partial charge on any atom is -0.295 e. The fourth-order valence-corrected chi connectivity index (χ4v) is 3.10. The Bertz CT molecular complexity index is 825. The molecule has 0 aliphatic heterocycles. The molecule has 24 heavy (non-hydrogen) atoms. The van der Waals surface area contributed by atoms with Crippen LogP contribution in [0.1, 0.15) is 35.3 Å². The lowest BCUT2D eigenvalue weighted by molar-refractivity contribution is 0.101. The summed E-state index contributed by atoms with van der Waals surface area (Å²) in [5, 5.41) is 16.8. The van der Waals surface area contributed by atoms with Crippen LogP contribution in [0.25, 0.3) is 11.3 Å². The molecule has 124 valence electrons. The van der Waals surface area contributed by atoms with Gasteiger partial charge in [0, 0.05) is 19.0 Å². The maximum atomic E-state index is 12.5. The van der Waals surface area contributed by atoms with Crippen molar-refractivity contribution in [2.75, 3.05) is 5.32 Å². The first kappa shape index (κ1) is 16.3. The molecule has 2 aromatic heterocycles. The van der Waals surface area contributed by atoms with Crippen molar-refractivity contribution in [3.8, 4) is 11.3 Å². The molecule has 1 amide bonds. The maximum absolute atomic E-state index is 12.5. The molecule has 2 heterocycles. The summed E-state index contributed by atoms with van der Waals surface area (Å²) in [7, 11) is 1.76. The predicted octanol–water partition coefficient (Wildman–Crippen LogP) is 3.53. The van der Waals surface area contributed by atoms with Crippen LogP contribution in [-0.4, -0.2) is 25.9 Å². The zero-order chi connectivity index (χ0) is 16.9. The summed E-state index contributed by atoms with van der Waals surface area (Å²) in [6.07, 6.45) is 3.08. The van der Waals surface area contributed by atoms with E-state index in [1.807, 2.05) is 30.3 Å². The molecule has 1 aromatic carbocycles. The van der Waals surface area contributed by atoms with Gasteiger partial charge in [-0.15, -0.1) is 10.2 Å². The van der Waals surface area contributed by atoms with Gasteiger partial charge in [-0.3, -0.25) is 14.8 Å². The SMILES string of the molecule is CCCCc1nnc(NC(=O)c2cc(-c3ccccc3)nn2C)s1. The van der Waals surface area contributed by atoms with Crippen LogP contribution in [0.15, 0.2) is 36.4 Å². The van der Waals surface area contributed by atoms with Crippen LogP contribution in [-0.2, 0) is 13.5 Å². The van der Waals surface area contributed by atoms with E-state index in [-0.39, 0.29) is 5.91 Å². The number of nitrogens with one attached hydrogen (secondary N) is 1. The van der Waals surface area contributed by atoms with Crippen molar-refractivity contribution < 1.29 is 4.79 Å². The third-order valence-electron chi connectivity index (χ3n) is 3.61. The van der Waals surface area contributed by atoms with E-state index in [0.717, 1.165) is 35.5 Å². The van der Waals surface area contributed by atoms with Crippen LogP contribution in [0, 0.1) is 0 Å². The van der Waals surface area contributed by atoms with Gasteiger partial charge in [-0.25, -0.2) is 0 Å². The molecule has 7 heteroatoms. The Morgan fingerprint density at radius 2 is 2.04 bits per heavy atom. The van der Waals surface area contributed by atoms with Crippen LogP contribution in [0.3, 0.4) is 0 Å². The zero-order valence-corrected chi connectivity index (χ0v) is 14.5. The second-order valence-corrected chi connectivity index (χ2v) is 6.53. The van der Waals surface area contributed by atoms with Gasteiger partial charge < -0.3 is 0 Å². The standard InChI is InChI=1S/C17H19N5OS/c1-3-4-10-15-19-20-17(24-15)18-16(23)14-11-13(21-22(14)2)12-8-6-5-7-9-12/h5-9,11H,3-4,10H2,1-2H3,(H,18,20,23). The van der Waals surface area contributed by atoms with E-state index in [4.69, 9.17) is 0 Å². The van der Waals surface area contributed by atoms with Crippen LogP contribution < -0.4 is 5.32 Å². The normalized spacial score (nSPS) is 10.8. The van der Waals surface area contributed by atoms with Gasteiger partial charge in [0.05, 0.1) is 5.69 Å². The number of aryl methyl sites for hydroxylation is 2. The fraction of sp³-hybridized carbons (Fsp3) is 0.294. The van der Waals surface area contributed by atoms with Gasteiger partial charge in [0.1, 0.15) is 10.7 Å². The van der Waals surface area contributed by atoms with Crippen molar-refractivity contribution in [3.63, 3.8) is 0 Å². The van der Waals surface area contributed by atoms with E-state index in [2.05, 4.69) is 27.5 Å². The fourth-order valence-electron chi connectivity index (χ4n) is 2.32. The summed E-state index contributed by atoms with van der Waals surface area (Å²) in [4.78, 5) is 12.5. The monoisotopic (exact) mass is 341 g/mol. The number of hydrogen-bond donors (Lipinski definition) is 1. The van der Waals surface area contributed by atoms with Crippen molar-refractivity contribution in [1.29, 1.82) is 0 Å². The third kappa shape index (κ3) is 3.68. The first-order valence-corrected chi connectivity index (χ1v) is 8.72. The zero-order valence-electron chi connectivity index (χ0n) is 13.7. The van der Waals surface area contributed by atoms with Gasteiger partial charge in [0.2, 0.25) is 5.13 Å². The van der Waals surface area contributed by atoms with Gasteiger partial charge in [0.15, 0.2) is 0 Å². The summed E-state index contributed by atoms with van der Waals surface area (Å²) >= 11 is 1.42. The molecule has 6 nitrogen and oxygen atoms in total. The lowest BCUT2D eigenvalue weighted by Gasteiger charge is -2.00. The van der Waals surface area contributed by atoms with E-state index in [1.54, 1.807) is 17.8 Å². The van der Waals surface area contributed by atoms with Gasteiger partial charge in [-0.2, -0.15) is 5.10 Å². The molecule has 0 fully saturated rings. The number of amides is 1. The number of hydrogen-bond acceptors (Lipinski definition) is 5. The van der Waals surface area contributed by atoms with Crippen molar-refractivity contribution >= 4 is 22.4 Å². The second kappa shape index (κ2) is 7.35. The van der Waals surface area contributed by atoms with E-state index in [0.29, 0.717) is 10.8 Å². The number of anilines is 1. The van der Waals surface area contributed by atoms with Crippen LogP contribution in [0.2, 0.25) is 0 Å². The summed E-state index contributed by atoms with van der Waals surface area (Å²) in [6, 6.07) is 11.6. The third-order valence-corrected chi connectivity index (χ3v) is 4.51. The number of nitrogens with zero attached hydrogens (tertiary/aromatic N) is 4. The van der Waals surface area contributed by atoms with Crippen LogP contribution in [0.4, 0.5) is 5.13 Å². The lowest BCUT2D eigenvalue weighted by Crippen LogP contribution is -2.15. The summed E-state index contributed by atoms with van der Waals surface area (Å²) < 4.78 is 1.58. The molecular formula is C17H19N5OS. The van der Waals surface area contributed by atoms with Gasteiger partial charge in [-0.1, -0.05) is 55.0 Å². The lowest BCUT2D eigenvalue weighted by atomic mass is 10.1. The Kier molecular flexibility index (Phi) is 5.00. The van der Waals surface area contributed by atoms with Crippen molar-refractivity contribution in [3.05, 3.63) is 47.1 Å². The average molecular weight is 341 g/mol.